The number of rotatable bonds is 8. The maximum Gasteiger partial charge on any atom is 0.258 e. The molecule has 1 aromatic heterocycles. The van der Waals surface area contributed by atoms with Crippen LogP contribution in [0.4, 0.5) is 11.5 Å². The first-order chi connectivity index (χ1) is 16.3. The third-order valence-corrected chi connectivity index (χ3v) is 6.55. The lowest BCUT2D eigenvalue weighted by Crippen LogP contribution is -2.26. The maximum absolute atomic E-state index is 12.9. The fraction of sp³-hybridized carbons (Fsp3) is 0.269. The topological polar surface area (TPSA) is 74.3 Å². The second kappa shape index (κ2) is 10.0. The van der Waals surface area contributed by atoms with Crippen molar-refractivity contribution in [1.29, 1.82) is 0 Å². The number of nitrogens with zero attached hydrogens (tertiary/aromatic N) is 2. The number of hydrogen-bond donors (Lipinski definition) is 2. The van der Waals surface area contributed by atoms with E-state index in [1.807, 2.05) is 0 Å². The van der Waals surface area contributed by atoms with Crippen LogP contribution in [-0.2, 0) is 16.8 Å². The summed E-state index contributed by atoms with van der Waals surface area (Å²) in [6, 6.07) is 16.8. The molecule has 1 heterocycles. The Hall–Kier alpha value is -3.09. The number of carbonyl (C=O) groups excluding carboxylic acids is 2. The van der Waals surface area contributed by atoms with Gasteiger partial charge in [-0.25, -0.2) is 4.98 Å². The van der Waals surface area contributed by atoms with E-state index in [0.29, 0.717) is 40.1 Å². The predicted octanol–water partition coefficient (Wildman–Crippen LogP) is 5.76. The van der Waals surface area contributed by atoms with Gasteiger partial charge in [-0.2, -0.15) is 0 Å². The van der Waals surface area contributed by atoms with Crippen molar-refractivity contribution in [2.24, 2.45) is 0 Å². The van der Waals surface area contributed by atoms with Crippen LogP contribution in [0.25, 0.3) is 0 Å². The number of halogens is 2. The second-order valence-electron chi connectivity index (χ2n) is 8.80. The summed E-state index contributed by atoms with van der Waals surface area (Å²) >= 11 is 12.0. The van der Waals surface area contributed by atoms with Crippen LogP contribution in [0.15, 0.2) is 60.8 Å². The van der Waals surface area contributed by atoms with E-state index in [4.69, 9.17) is 23.2 Å². The molecular weight excluding hydrogens is 471 g/mol. The molecule has 0 radical (unpaired) electrons. The lowest BCUT2D eigenvalue weighted by molar-refractivity contribution is -0.129. The lowest BCUT2D eigenvalue weighted by atomic mass is 9.91. The third kappa shape index (κ3) is 5.69. The molecule has 0 atom stereocenters. The molecule has 0 unspecified atom stereocenters. The monoisotopic (exact) mass is 496 g/mol. The molecule has 2 amide bonds. The standard InChI is InChI=1S/C26H26Cl2N4O2/c1-32(2)24(33)14-26(11-12-26)18-5-3-17(4-6-18)15-29-22-9-7-19(27)13-21(22)25(34)31-23-10-8-20(28)16-30-23/h3-10,13,16,29H,11-12,14-15H2,1-2H3,(H,30,31,34). The molecule has 0 saturated heterocycles. The Kier molecular flexibility index (Phi) is 7.10. The van der Waals surface area contributed by atoms with Gasteiger partial charge in [0.2, 0.25) is 5.91 Å². The molecule has 0 spiro atoms. The van der Waals surface area contributed by atoms with E-state index in [2.05, 4.69) is 39.9 Å². The van der Waals surface area contributed by atoms with Crippen molar-refractivity contribution in [3.05, 3.63) is 87.5 Å². The number of pyridine rings is 1. The van der Waals surface area contributed by atoms with Crippen LogP contribution >= 0.6 is 23.2 Å². The molecule has 6 nitrogen and oxygen atoms in total. The molecule has 1 aliphatic rings. The van der Waals surface area contributed by atoms with Gasteiger partial charge >= 0.3 is 0 Å². The number of nitrogens with one attached hydrogen (secondary N) is 2. The Bertz CT molecular complexity index is 1190. The van der Waals surface area contributed by atoms with Gasteiger partial charge < -0.3 is 15.5 Å². The van der Waals surface area contributed by atoms with Gasteiger partial charge in [-0.05, 0) is 54.3 Å². The van der Waals surface area contributed by atoms with Crippen LogP contribution in [0.3, 0.4) is 0 Å². The van der Waals surface area contributed by atoms with E-state index >= 15 is 0 Å². The summed E-state index contributed by atoms with van der Waals surface area (Å²) in [7, 11) is 3.59. The van der Waals surface area contributed by atoms with Crippen LogP contribution in [-0.4, -0.2) is 35.8 Å². The Morgan fingerprint density at radius 3 is 2.32 bits per heavy atom. The van der Waals surface area contributed by atoms with Crippen molar-refractivity contribution in [3.63, 3.8) is 0 Å². The number of hydrogen-bond acceptors (Lipinski definition) is 4. The third-order valence-electron chi connectivity index (χ3n) is 6.09. The molecule has 2 aromatic carbocycles. The highest BCUT2D eigenvalue weighted by Gasteiger charge is 2.45. The maximum atomic E-state index is 12.9. The van der Waals surface area contributed by atoms with Crippen LogP contribution in [0.1, 0.15) is 40.7 Å². The van der Waals surface area contributed by atoms with Gasteiger partial charge in [0.05, 0.1) is 10.6 Å². The number of benzene rings is 2. The molecule has 0 bridgehead atoms. The molecule has 176 valence electrons. The van der Waals surface area contributed by atoms with Gasteiger partial charge in [0.15, 0.2) is 0 Å². The fourth-order valence-electron chi connectivity index (χ4n) is 3.83. The minimum absolute atomic E-state index is 0.0234. The number of amides is 2. The average Bonchev–Trinajstić information content (AvgIpc) is 3.60. The smallest absolute Gasteiger partial charge is 0.258 e. The Balaban J connectivity index is 1.43. The first kappa shape index (κ1) is 24.0. The normalized spacial score (nSPS) is 13.8. The van der Waals surface area contributed by atoms with Crippen LogP contribution < -0.4 is 10.6 Å². The SMILES string of the molecule is CN(C)C(=O)CC1(c2ccc(CNc3ccc(Cl)cc3C(=O)Nc3ccc(Cl)cn3)cc2)CC1. The molecule has 34 heavy (non-hydrogen) atoms. The lowest BCUT2D eigenvalue weighted by Gasteiger charge is -2.19. The zero-order chi connectivity index (χ0) is 24.3. The molecule has 1 aliphatic carbocycles. The summed E-state index contributed by atoms with van der Waals surface area (Å²) in [5, 5.41) is 7.05. The van der Waals surface area contributed by atoms with Gasteiger partial charge in [-0.1, -0.05) is 47.5 Å². The highest BCUT2D eigenvalue weighted by atomic mass is 35.5. The van der Waals surface area contributed by atoms with Crippen molar-refractivity contribution < 1.29 is 9.59 Å². The second-order valence-corrected chi connectivity index (χ2v) is 9.67. The minimum atomic E-state index is -0.323. The van der Waals surface area contributed by atoms with E-state index in [0.717, 1.165) is 18.4 Å². The first-order valence-corrected chi connectivity index (χ1v) is 11.8. The van der Waals surface area contributed by atoms with Crippen molar-refractivity contribution in [1.82, 2.24) is 9.88 Å². The quantitative estimate of drug-likeness (QED) is 0.415. The molecule has 4 rings (SSSR count). The molecule has 8 heteroatoms. The van der Waals surface area contributed by atoms with Gasteiger partial charge in [0.25, 0.3) is 5.91 Å². The van der Waals surface area contributed by atoms with E-state index in [1.54, 1.807) is 49.3 Å². The molecule has 2 N–H and O–H groups in total. The predicted molar refractivity (Wildman–Crippen MR) is 137 cm³/mol. The highest BCUT2D eigenvalue weighted by Crippen LogP contribution is 2.51. The Morgan fingerprint density at radius 2 is 1.71 bits per heavy atom. The summed E-state index contributed by atoms with van der Waals surface area (Å²) in [5.74, 6) is 0.236. The van der Waals surface area contributed by atoms with Gasteiger partial charge in [0.1, 0.15) is 5.82 Å². The fourth-order valence-corrected chi connectivity index (χ4v) is 4.12. The van der Waals surface area contributed by atoms with E-state index in [-0.39, 0.29) is 17.2 Å². The molecule has 0 aliphatic heterocycles. The summed E-state index contributed by atoms with van der Waals surface area (Å²) in [5.41, 5.74) is 3.33. The van der Waals surface area contributed by atoms with E-state index in [9.17, 15) is 9.59 Å². The number of carbonyl (C=O) groups is 2. The summed E-state index contributed by atoms with van der Waals surface area (Å²) in [6.45, 7) is 0.533. The summed E-state index contributed by atoms with van der Waals surface area (Å²) < 4.78 is 0. The average molecular weight is 497 g/mol. The Morgan fingerprint density at radius 1 is 1.00 bits per heavy atom. The van der Waals surface area contributed by atoms with Gasteiger partial charge in [-0.15, -0.1) is 0 Å². The zero-order valence-electron chi connectivity index (χ0n) is 19.1. The molecule has 1 saturated carbocycles. The van der Waals surface area contributed by atoms with Crippen LogP contribution in [0.5, 0.6) is 0 Å². The van der Waals surface area contributed by atoms with Crippen LogP contribution in [0.2, 0.25) is 10.0 Å². The first-order valence-electron chi connectivity index (χ1n) is 11.0. The largest absolute Gasteiger partial charge is 0.380 e. The van der Waals surface area contributed by atoms with Crippen molar-refractivity contribution in [2.45, 2.75) is 31.2 Å². The van der Waals surface area contributed by atoms with E-state index < -0.39 is 0 Å². The van der Waals surface area contributed by atoms with Gasteiger partial charge in [0, 0.05) is 49.4 Å². The minimum Gasteiger partial charge on any atom is -0.380 e. The van der Waals surface area contributed by atoms with Crippen molar-refractivity contribution in [3.8, 4) is 0 Å². The molecule has 1 fully saturated rings. The molecular formula is C26H26Cl2N4O2. The number of aromatic nitrogens is 1. The van der Waals surface area contributed by atoms with Gasteiger partial charge in [-0.3, -0.25) is 9.59 Å². The summed E-state index contributed by atoms with van der Waals surface area (Å²) in [6.07, 6.45) is 4.09. The van der Waals surface area contributed by atoms with Crippen LogP contribution in [0, 0.1) is 0 Å². The summed E-state index contributed by atoms with van der Waals surface area (Å²) in [4.78, 5) is 30.8. The molecule has 3 aromatic rings. The zero-order valence-corrected chi connectivity index (χ0v) is 20.6. The van der Waals surface area contributed by atoms with E-state index in [1.165, 1.54) is 11.8 Å². The van der Waals surface area contributed by atoms with Crippen molar-refractivity contribution >= 4 is 46.5 Å². The highest BCUT2D eigenvalue weighted by molar-refractivity contribution is 6.31. The number of anilines is 2. The van der Waals surface area contributed by atoms with Crippen molar-refractivity contribution in [2.75, 3.05) is 24.7 Å². The Labute approximate surface area is 209 Å².